The molecule has 1 saturated heterocycles. The van der Waals surface area contributed by atoms with Crippen LogP contribution in [-0.2, 0) is 9.53 Å². The Morgan fingerprint density at radius 2 is 1.91 bits per heavy atom. The highest BCUT2D eigenvalue weighted by atomic mass is 35.5. The zero-order valence-electron chi connectivity index (χ0n) is 18.5. The van der Waals surface area contributed by atoms with Gasteiger partial charge >= 0.3 is 5.97 Å². The molecule has 0 aliphatic carbocycles. The van der Waals surface area contributed by atoms with Crippen molar-refractivity contribution in [1.82, 2.24) is 20.0 Å². The van der Waals surface area contributed by atoms with Gasteiger partial charge in [0.1, 0.15) is 5.02 Å². The number of esters is 1. The molecule has 3 rings (SSSR count). The zero-order chi connectivity index (χ0) is 23.3. The lowest BCUT2D eigenvalue weighted by Crippen LogP contribution is -2.41. The Morgan fingerprint density at radius 3 is 2.62 bits per heavy atom. The minimum atomic E-state index is -0.566. The summed E-state index contributed by atoms with van der Waals surface area (Å²) in [6.45, 7) is 6.94. The van der Waals surface area contributed by atoms with Crippen LogP contribution in [-0.4, -0.2) is 72.4 Å². The lowest BCUT2D eigenvalue weighted by molar-refractivity contribution is -0.122. The number of carbonyl (C=O) groups excluding carboxylic acids is 2. The minimum absolute atomic E-state index is 0.0000164. The molecule has 1 fully saturated rings. The number of nitrogens with one attached hydrogen (secondary N) is 1. The van der Waals surface area contributed by atoms with E-state index in [1.54, 1.807) is 30.5 Å². The number of ether oxygens (including phenoxy) is 1. The summed E-state index contributed by atoms with van der Waals surface area (Å²) in [6.07, 6.45) is 2.36. The largest absolute Gasteiger partial charge is 0.465 e. The molecule has 9 nitrogen and oxygen atoms in total. The second kappa shape index (κ2) is 10.6. The van der Waals surface area contributed by atoms with Gasteiger partial charge in [-0.15, -0.1) is 0 Å². The summed E-state index contributed by atoms with van der Waals surface area (Å²) in [6, 6.07) is 6.67. The SMILES string of the molecule is COC(=O)c1ccccc1-n1ncc(N2CCCN(CC(=O)NC(C)C)CC2)c(Cl)c1=O. The molecular weight excluding hydrogens is 434 g/mol. The number of hydrogen-bond acceptors (Lipinski definition) is 7. The predicted molar refractivity (Wildman–Crippen MR) is 123 cm³/mol. The van der Waals surface area contributed by atoms with Gasteiger partial charge in [-0.1, -0.05) is 23.7 Å². The van der Waals surface area contributed by atoms with Crippen molar-refractivity contribution in [1.29, 1.82) is 0 Å². The number of nitrogens with zero attached hydrogens (tertiary/aromatic N) is 4. The van der Waals surface area contributed by atoms with E-state index < -0.39 is 11.5 Å². The van der Waals surface area contributed by atoms with E-state index in [0.29, 0.717) is 37.6 Å². The van der Waals surface area contributed by atoms with Crippen LogP contribution in [0.1, 0.15) is 30.6 Å². The van der Waals surface area contributed by atoms with Gasteiger partial charge in [0.05, 0.1) is 36.8 Å². The second-order valence-electron chi connectivity index (χ2n) is 7.91. The van der Waals surface area contributed by atoms with E-state index in [1.165, 1.54) is 7.11 Å². The smallest absolute Gasteiger partial charge is 0.340 e. The molecule has 1 aliphatic rings. The summed E-state index contributed by atoms with van der Waals surface area (Å²) in [7, 11) is 1.28. The lowest BCUT2D eigenvalue weighted by atomic mass is 10.2. The second-order valence-corrected chi connectivity index (χ2v) is 8.29. The maximum Gasteiger partial charge on any atom is 0.340 e. The molecule has 0 atom stereocenters. The standard InChI is InChI=1S/C22H28ClN5O4/c1-15(2)25-19(29)14-26-9-6-10-27(12-11-26)18-13-24-28(21(30)20(18)23)17-8-5-4-7-16(17)22(31)32-3/h4-5,7-8,13,15H,6,9-12,14H2,1-3H3,(H,25,29). The number of anilines is 1. The predicted octanol–water partition coefficient (Wildman–Crippen LogP) is 1.71. The van der Waals surface area contributed by atoms with Gasteiger partial charge in [-0.2, -0.15) is 9.78 Å². The number of aromatic nitrogens is 2. The van der Waals surface area contributed by atoms with Crippen molar-refractivity contribution in [2.75, 3.05) is 44.7 Å². The summed E-state index contributed by atoms with van der Waals surface area (Å²) in [4.78, 5) is 41.3. The van der Waals surface area contributed by atoms with Crippen molar-refractivity contribution in [3.05, 3.63) is 51.4 Å². The molecule has 0 radical (unpaired) electrons. The van der Waals surface area contributed by atoms with Crippen LogP contribution in [0.25, 0.3) is 5.69 Å². The quantitative estimate of drug-likeness (QED) is 0.654. The van der Waals surface area contributed by atoms with Gasteiger partial charge < -0.3 is 15.0 Å². The maximum atomic E-state index is 13.0. The van der Waals surface area contributed by atoms with Gasteiger partial charge in [0.2, 0.25) is 5.91 Å². The molecule has 10 heteroatoms. The lowest BCUT2D eigenvalue weighted by Gasteiger charge is -2.24. The van der Waals surface area contributed by atoms with Crippen LogP contribution in [0.2, 0.25) is 5.02 Å². The highest BCUT2D eigenvalue weighted by Gasteiger charge is 2.22. The zero-order valence-corrected chi connectivity index (χ0v) is 19.3. The third-order valence-electron chi connectivity index (χ3n) is 5.18. The average molecular weight is 462 g/mol. The number of hydrogen-bond donors (Lipinski definition) is 1. The van der Waals surface area contributed by atoms with Gasteiger partial charge in [-0.25, -0.2) is 4.79 Å². The summed E-state index contributed by atoms with van der Waals surface area (Å²) in [5, 5.41) is 7.22. The number of methoxy groups -OCH3 is 1. The van der Waals surface area contributed by atoms with Crippen molar-refractivity contribution >= 4 is 29.2 Å². The van der Waals surface area contributed by atoms with Crippen LogP contribution in [0.5, 0.6) is 0 Å². The van der Waals surface area contributed by atoms with E-state index in [9.17, 15) is 14.4 Å². The number of para-hydroxylation sites is 1. The van der Waals surface area contributed by atoms with Gasteiger partial charge in [0, 0.05) is 32.2 Å². The minimum Gasteiger partial charge on any atom is -0.465 e. The van der Waals surface area contributed by atoms with Gasteiger partial charge in [0.25, 0.3) is 5.56 Å². The third-order valence-corrected chi connectivity index (χ3v) is 5.54. The van der Waals surface area contributed by atoms with Crippen LogP contribution in [0, 0.1) is 0 Å². The average Bonchev–Trinajstić information content (AvgIpc) is 3.00. The van der Waals surface area contributed by atoms with E-state index in [2.05, 4.69) is 15.3 Å². The van der Waals surface area contributed by atoms with Crippen molar-refractivity contribution in [3.63, 3.8) is 0 Å². The first-order valence-electron chi connectivity index (χ1n) is 10.5. The number of benzene rings is 1. The fraction of sp³-hybridized carbons (Fsp3) is 0.455. The van der Waals surface area contributed by atoms with Crippen molar-refractivity contribution < 1.29 is 14.3 Å². The van der Waals surface area contributed by atoms with Gasteiger partial charge in [-0.3, -0.25) is 14.5 Å². The molecular formula is C22H28ClN5O4. The molecule has 0 spiro atoms. The number of amides is 1. The Morgan fingerprint density at radius 1 is 1.16 bits per heavy atom. The fourth-order valence-corrected chi connectivity index (χ4v) is 3.95. The molecule has 1 N–H and O–H groups in total. The van der Waals surface area contributed by atoms with E-state index in [-0.39, 0.29) is 22.5 Å². The number of halogens is 1. The first-order chi connectivity index (χ1) is 15.3. The fourth-order valence-electron chi connectivity index (χ4n) is 3.70. The van der Waals surface area contributed by atoms with Crippen LogP contribution in [0.3, 0.4) is 0 Å². The van der Waals surface area contributed by atoms with E-state index in [1.807, 2.05) is 18.7 Å². The van der Waals surface area contributed by atoms with Crippen molar-refractivity contribution in [2.24, 2.45) is 0 Å². The highest BCUT2D eigenvalue weighted by Crippen LogP contribution is 2.24. The summed E-state index contributed by atoms with van der Waals surface area (Å²) in [5.41, 5.74) is 0.546. The first-order valence-corrected chi connectivity index (χ1v) is 10.9. The summed E-state index contributed by atoms with van der Waals surface area (Å²) < 4.78 is 5.91. The Hall–Kier alpha value is -2.91. The molecule has 1 amide bonds. The Balaban J connectivity index is 1.80. The Kier molecular flexibility index (Phi) is 7.87. The van der Waals surface area contributed by atoms with E-state index in [4.69, 9.17) is 16.3 Å². The monoisotopic (exact) mass is 461 g/mol. The molecule has 0 unspecified atom stereocenters. The molecule has 2 heterocycles. The molecule has 0 saturated carbocycles. The van der Waals surface area contributed by atoms with Crippen LogP contribution < -0.4 is 15.8 Å². The van der Waals surface area contributed by atoms with Crippen LogP contribution >= 0.6 is 11.6 Å². The summed E-state index contributed by atoms with van der Waals surface area (Å²) in [5.74, 6) is -0.566. The molecule has 172 valence electrons. The number of carbonyl (C=O) groups is 2. The maximum absolute atomic E-state index is 13.0. The van der Waals surface area contributed by atoms with E-state index >= 15 is 0 Å². The molecule has 1 aromatic heterocycles. The van der Waals surface area contributed by atoms with Crippen molar-refractivity contribution in [3.8, 4) is 5.69 Å². The van der Waals surface area contributed by atoms with Crippen LogP contribution in [0.15, 0.2) is 35.3 Å². The molecule has 0 bridgehead atoms. The summed E-state index contributed by atoms with van der Waals surface area (Å²) >= 11 is 6.47. The molecule has 1 aromatic carbocycles. The molecule has 2 aromatic rings. The first kappa shape index (κ1) is 23.7. The molecule has 32 heavy (non-hydrogen) atoms. The number of rotatable bonds is 6. The van der Waals surface area contributed by atoms with Crippen molar-refractivity contribution in [2.45, 2.75) is 26.3 Å². The van der Waals surface area contributed by atoms with E-state index in [0.717, 1.165) is 17.6 Å². The highest BCUT2D eigenvalue weighted by molar-refractivity contribution is 6.33. The Labute approximate surface area is 191 Å². The molecule has 1 aliphatic heterocycles. The Bertz CT molecular complexity index is 1040. The third kappa shape index (κ3) is 5.46. The van der Waals surface area contributed by atoms with Crippen LogP contribution in [0.4, 0.5) is 5.69 Å². The van der Waals surface area contributed by atoms with Gasteiger partial charge in [0.15, 0.2) is 0 Å². The topological polar surface area (TPSA) is 96.8 Å². The van der Waals surface area contributed by atoms with Gasteiger partial charge in [-0.05, 0) is 32.4 Å². The normalized spacial score (nSPS) is 14.8.